The minimum Gasteiger partial charge on any atom is -0.507 e. The number of hydrazone groups is 1. The van der Waals surface area contributed by atoms with Crippen LogP contribution in [0.25, 0.3) is 10.8 Å². The average Bonchev–Trinajstić information content (AvgIpc) is 2.57. The van der Waals surface area contributed by atoms with Gasteiger partial charge >= 0.3 is 0 Å². The number of phenolic OH excluding ortho intramolecular Hbond substituents is 1. The van der Waals surface area contributed by atoms with Crippen LogP contribution < -0.4 is 5.43 Å². The predicted octanol–water partition coefficient (Wildman–Crippen LogP) is 3.96. The lowest BCUT2D eigenvalue weighted by Gasteiger charge is -2.05. The monoisotopic (exact) mass is 324 g/mol. The average molecular weight is 325 g/mol. The van der Waals surface area contributed by atoms with Crippen LogP contribution in [0.15, 0.2) is 65.8 Å². The number of carbonyl (C=O) groups excluding carboxylic acids is 1. The van der Waals surface area contributed by atoms with Crippen LogP contribution in [0.2, 0.25) is 5.02 Å². The normalized spacial score (nSPS) is 11.0. The molecule has 0 aromatic heterocycles. The van der Waals surface area contributed by atoms with Gasteiger partial charge in [-0.15, -0.1) is 0 Å². The minimum absolute atomic E-state index is 0.0967. The van der Waals surface area contributed by atoms with Crippen molar-refractivity contribution in [2.45, 2.75) is 0 Å². The van der Waals surface area contributed by atoms with Gasteiger partial charge in [0.05, 0.1) is 16.8 Å². The molecule has 0 atom stereocenters. The number of hydrogen-bond acceptors (Lipinski definition) is 3. The maximum atomic E-state index is 12.0. The SMILES string of the molecule is O=C(NN=Cc1c(O)ccc2ccccc12)c1ccccc1Cl. The maximum Gasteiger partial charge on any atom is 0.272 e. The molecule has 3 rings (SSSR count). The van der Waals surface area contributed by atoms with E-state index in [0.717, 1.165) is 10.8 Å². The Kier molecular flexibility index (Phi) is 4.26. The highest BCUT2D eigenvalue weighted by molar-refractivity contribution is 6.33. The first-order valence-electron chi connectivity index (χ1n) is 6.95. The summed E-state index contributed by atoms with van der Waals surface area (Å²) in [5, 5.41) is 16.1. The van der Waals surface area contributed by atoms with Gasteiger partial charge in [0.2, 0.25) is 0 Å². The standard InChI is InChI=1S/C18H13ClN2O2/c19-16-8-4-3-7-14(16)18(23)21-20-11-15-13-6-2-1-5-12(13)9-10-17(15)22/h1-11,22H,(H,21,23). The number of halogens is 1. The quantitative estimate of drug-likeness (QED) is 0.566. The van der Waals surface area contributed by atoms with Crippen molar-refractivity contribution in [3.8, 4) is 5.75 Å². The van der Waals surface area contributed by atoms with Crippen molar-refractivity contribution < 1.29 is 9.90 Å². The van der Waals surface area contributed by atoms with Crippen LogP contribution in [-0.2, 0) is 0 Å². The van der Waals surface area contributed by atoms with Crippen molar-refractivity contribution in [3.05, 3.63) is 76.8 Å². The van der Waals surface area contributed by atoms with Crippen LogP contribution >= 0.6 is 11.6 Å². The molecule has 0 unspecified atom stereocenters. The summed E-state index contributed by atoms with van der Waals surface area (Å²) >= 11 is 5.97. The molecule has 3 aromatic carbocycles. The van der Waals surface area contributed by atoms with Gasteiger partial charge in [-0.05, 0) is 29.0 Å². The third kappa shape index (κ3) is 3.17. The number of benzene rings is 3. The third-order valence-corrected chi connectivity index (χ3v) is 3.76. The van der Waals surface area contributed by atoms with Crippen LogP contribution in [0.5, 0.6) is 5.75 Å². The highest BCUT2D eigenvalue weighted by Crippen LogP contribution is 2.25. The van der Waals surface area contributed by atoms with E-state index in [9.17, 15) is 9.90 Å². The van der Waals surface area contributed by atoms with Gasteiger partial charge in [-0.2, -0.15) is 5.10 Å². The van der Waals surface area contributed by atoms with Crippen molar-refractivity contribution in [3.63, 3.8) is 0 Å². The van der Waals surface area contributed by atoms with E-state index in [1.807, 2.05) is 30.3 Å². The van der Waals surface area contributed by atoms with Crippen molar-refractivity contribution in [1.29, 1.82) is 0 Å². The number of nitrogens with one attached hydrogen (secondary N) is 1. The summed E-state index contributed by atoms with van der Waals surface area (Å²) in [6, 6.07) is 17.8. The molecule has 23 heavy (non-hydrogen) atoms. The molecular formula is C18H13ClN2O2. The fourth-order valence-electron chi connectivity index (χ4n) is 2.28. The van der Waals surface area contributed by atoms with Crippen LogP contribution in [0.4, 0.5) is 0 Å². The molecule has 1 amide bonds. The van der Waals surface area contributed by atoms with E-state index in [-0.39, 0.29) is 5.75 Å². The lowest BCUT2D eigenvalue weighted by molar-refractivity contribution is 0.0955. The van der Waals surface area contributed by atoms with E-state index >= 15 is 0 Å². The van der Waals surface area contributed by atoms with Crippen molar-refractivity contribution in [1.82, 2.24) is 5.43 Å². The number of nitrogens with zero attached hydrogens (tertiary/aromatic N) is 1. The topological polar surface area (TPSA) is 61.7 Å². The van der Waals surface area contributed by atoms with Crippen LogP contribution in [0.1, 0.15) is 15.9 Å². The Balaban J connectivity index is 1.85. The van der Waals surface area contributed by atoms with Gasteiger partial charge in [-0.3, -0.25) is 4.79 Å². The molecule has 0 aliphatic heterocycles. The lowest BCUT2D eigenvalue weighted by atomic mass is 10.0. The zero-order valence-electron chi connectivity index (χ0n) is 12.0. The second-order valence-corrected chi connectivity index (χ2v) is 5.31. The molecule has 114 valence electrons. The molecule has 5 heteroatoms. The first kappa shape index (κ1) is 15.1. The number of aromatic hydroxyl groups is 1. The Morgan fingerprint density at radius 3 is 2.61 bits per heavy atom. The lowest BCUT2D eigenvalue weighted by Crippen LogP contribution is -2.17. The number of amides is 1. The molecule has 4 nitrogen and oxygen atoms in total. The zero-order chi connectivity index (χ0) is 16.2. The molecule has 0 heterocycles. The van der Waals surface area contributed by atoms with E-state index < -0.39 is 5.91 Å². The second-order valence-electron chi connectivity index (χ2n) is 4.90. The van der Waals surface area contributed by atoms with Gasteiger partial charge in [0, 0.05) is 5.56 Å². The van der Waals surface area contributed by atoms with E-state index in [1.165, 1.54) is 6.21 Å². The van der Waals surface area contributed by atoms with Crippen molar-refractivity contribution in [2.24, 2.45) is 5.10 Å². The molecule has 0 spiro atoms. The summed E-state index contributed by atoms with van der Waals surface area (Å²) in [5.41, 5.74) is 3.30. The first-order chi connectivity index (χ1) is 11.2. The van der Waals surface area contributed by atoms with Gasteiger partial charge in [-0.1, -0.05) is 54.1 Å². The molecule has 3 aromatic rings. The Labute approximate surface area is 138 Å². The highest BCUT2D eigenvalue weighted by atomic mass is 35.5. The second kappa shape index (κ2) is 6.50. The van der Waals surface area contributed by atoms with E-state index in [4.69, 9.17) is 11.6 Å². The molecule has 0 aliphatic rings. The fourth-order valence-corrected chi connectivity index (χ4v) is 2.50. The summed E-state index contributed by atoms with van der Waals surface area (Å²) in [6.45, 7) is 0. The predicted molar refractivity (Wildman–Crippen MR) is 92.1 cm³/mol. The molecule has 0 fully saturated rings. The van der Waals surface area contributed by atoms with Gasteiger partial charge in [0.25, 0.3) is 5.91 Å². The van der Waals surface area contributed by atoms with E-state index in [2.05, 4.69) is 10.5 Å². The zero-order valence-corrected chi connectivity index (χ0v) is 12.8. The molecule has 0 aliphatic carbocycles. The van der Waals surface area contributed by atoms with Gasteiger partial charge < -0.3 is 5.11 Å². The number of phenols is 1. The Hall–Kier alpha value is -2.85. The first-order valence-corrected chi connectivity index (χ1v) is 7.33. The molecular weight excluding hydrogens is 312 g/mol. The van der Waals surface area contributed by atoms with E-state index in [0.29, 0.717) is 16.1 Å². The maximum absolute atomic E-state index is 12.0. The molecule has 0 bridgehead atoms. The summed E-state index contributed by atoms with van der Waals surface area (Å²) in [6.07, 6.45) is 1.42. The van der Waals surface area contributed by atoms with Gasteiger partial charge in [0.15, 0.2) is 0 Å². The summed E-state index contributed by atoms with van der Waals surface area (Å²) in [7, 11) is 0. The smallest absolute Gasteiger partial charge is 0.272 e. The molecule has 2 N–H and O–H groups in total. The fraction of sp³-hybridized carbons (Fsp3) is 0. The van der Waals surface area contributed by atoms with Gasteiger partial charge in [-0.25, -0.2) is 5.43 Å². The van der Waals surface area contributed by atoms with Crippen LogP contribution in [0, 0.1) is 0 Å². The number of rotatable bonds is 3. The minimum atomic E-state index is -0.411. The molecule has 0 saturated carbocycles. The molecule has 0 radical (unpaired) electrons. The van der Waals surface area contributed by atoms with Gasteiger partial charge in [0.1, 0.15) is 5.75 Å². The number of fused-ring (bicyclic) bond motifs is 1. The van der Waals surface area contributed by atoms with E-state index in [1.54, 1.807) is 30.3 Å². The Morgan fingerprint density at radius 2 is 1.78 bits per heavy atom. The third-order valence-electron chi connectivity index (χ3n) is 3.43. The summed E-state index contributed by atoms with van der Waals surface area (Å²) < 4.78 is 0. The summed E-state index contributed by atoms with van der Waals surface area (Å²) in [5.74, 6) is -0.314. The molecule has 0 saturated heterocycles. The Bertz CT molecular complexity index is 906. The number of carbonyl (C=O) groups is 1. The summed E-state index contributed by atoms with van der Waals surface area (Å²) in [4.78, 5) is 12.0. The van der Waals surface area contributed by atoms with Crippen molar-refractivity contribution in [2.75, 3.05) is 0 Å². The number of hydrogen-bond donors (Lipinski definition) is 2. The highest BCUT2D eigenvalue weighted by Gasteiger charge is 2.08. The largest absolute Gasteiger partial charge is 0.507 e. The van der Waals surface area contributed by atoms with Crippen molar-refractivity contribution >= 4 is 34.5 Å². The van der Waals surface area contributed by atoms with Crippen LogP contribution in [-0.4, -0.2) is 17.2 Å². The van der Waals surface area contributed by atoms with Crippen LogP contribution in [0.3, 0.4) is 0 Å². The Morgan fingerprint density at radius 1 is 1.04 bits per heavy atom.